The number of aliphatic carboxylic acids is 1. The normalized spacial score (nSPS) is 15.5. The first-order valence-corrected chi connectivity index (χ1v) is 11.7. The lowest BCUT2D eigenvalue weighted by Crippen LogP contribution is -2.58. The third-order valence-corrected chi connectivity index (χ3v) is 5.50. The summed E-state index contributed by atoms with van der Waals surface area (Å²) < 4.78 is 0. The second kappa shape index (κ2) is 16.0. The van der Waals surface area contributed by atoms with Gasteiger partial charge >= 0.3 is 5.97 Å². The van der Waals surface area contributed by atoms with Gasteiger partial charge in [0.05, 0.1) is 12.5 Å². The molecule has 0 saturated carbocycles. The van der Waals surface area contributed by atoms with Gasteiger partial charge in [0, 0.05) is 0 Å². The Morgan fingerprint density at radius 1 is 0.853 bits per heavy atom. The lowest BCUT2D eigenvalue weighted by molar-refractivity contribution is -0.142. The van der Waals surface area contributed by atoms with Crippen LogP contribution in [0.4, 0.5) is 0 Å². The van der Waals surface area contributed by atoms with E-state index in [1.54, 1.807) is 6.92 Å². The van der Waals surface area contributed by atoms with Gasteiger partial charge < -0.3 is 38.3 Å². The minimum atomic E-state index is -1.33. The van der Waals surface area contributed by atoms with Crippen LogP contribution >= 0.6 is 0 Å². The number of carboxylic acids is 1. The number of hydrogen-bond donors (Lipinski definition) is 7. The summed E-state index contributed by atoms with van der Waals surface area (Å²) in [7, 11) is 0. The molecule has 0 radical (unpaired) electrons. The Morgan fingerprint density at radius 3 is 1.85 bits per heavy atom. The van der Waals surface area contributed by atoms with E-state index in [1.807, 2.05) is 20.8 Å². The molecule has 0 rings (SSSR count). The number of amides is 4. The highest BCUT2D eigenvalue weighted by molar-refractivity contribution is 5.96. The molecular formula is C22H42N6O6. The maximum absolute atomic E-state index is 12.9. The monoisotopic (exact) mass is 486 g/mol. The molecule has 12 nitrogen and oxygen atoms in total. The fraction of sp³-hybridized carbons (Fsp3) is 0.773. The molecule has 0 aromatic rings. The molecule has 0 saturated heterocycles. The zero-order chi connectivity index (χ0) is 26.4. The first-order chi connectivity index (χ1) is 15.8. The number of nitrogens with one attached hydrogen (secondary N) is 3. The Kier molecular flexibility index (Phi) is 14.7. The number of hydrogen-bond acceptors (Lipinski definition) is 7. The van der Waals surface area contributed by atoms with E-state index in [-0.39, 0.29) is 24.7 Å². The smallest absolute Gasteiger partial charge is 0.326 e. The Balaban J connectivity index is 5.51. The lowest BCUT2D eigenvalue weighted by Gasteiger charge is -2.26. The molecule has 34 heavy (non-hydrogen) atoms. The third-order valence-electron chi connectivity index (χ3n) is 5.50. The summed E-state index contributed by atoms with van der Waals surface area (Å²) >= 11 is 0. The van der Waals surface area contributed by atoms with Crippen molar-refractivity contribution in [2.45, 2.75) is 90.4 Å². The standard InChI is InChI=1S/C22H42N6O6/c1-5-13(4)18(25)21(32)28-16(11-17(24)29)20(31)27-15(10-12(2)3)19(30)26-14(22(33)34)8-6-7-9-23/h12-16,18H,5-11,23,25H2,1-4H3,(H2,24,29)(H,26,30)(H,27,31)(H,28,32)(H,33,34). The molecule has 0 aliphatic carbocycles. The molecule has 4 amide bonds. The zero-order valence-electron chi connectivity index (χ0n) is 20.6. The van der Waals surface area contributed by atoms with E-state index in [4.69, 9.17) is 17.2 Å². The molecule has 0 fully saturated rings. The summed E-state index contributed by atoms with van der Waals surface area (Å²) in [4.78, 5) is 61.3. The van der Waals surface area contributed by atoms with Gasteiger partial charge in [0.1, 0.15) is 18.1 Å². The van der Waals surface area contributed by atoms with Gasteiger partial charge in [-0.3, -0.25) is 19.2 Å². The Bertz CT molecular complexity index is 701. The quantitative estimate of drug-likeness (QED) is 0.125. The molecule has 12 heteroatoms. The highest BCUT2D eigenvalue weighted by atomic mass is 16.4. The summed E-state index contributed by atoms with van der Waals surface area (Å²) in [6.45, 7) is 7.70. The number of primary amides is 1. The van der Waals surface area contributed by atoms with Gasteiger partial charge in [0.15, 0.2) is 0 Å². The van der Waals surface area contributed by atoms with Crippen molar-refractivity contribution in [3.8, 4) is 0 Å². The maximum Gasteiger partial charge on any atom is 0.326 e. The number of nitrogens with two attached hydrogens (primary N) is 3. The van der Waals surface area contributed by atoms with Crippen LogP contribution < -0.4 is 33.2 Å². The van der Waals surface area contributed by atoms with Crippen molar-refractivity contribution in [2.24, 2.45) is 29.0 Å². The van der Waals surface area contributed by atoms with Crippen LogP contribution in [0.15, 0.2) is 0 Å². The van der Waals surface area contributed by atoms with Crippen molar-refractivity contribution in [3.05, 3.63) is 0 Å². The molecule has 0 spiro atoms. The number of rotatable bonds is 17. The van der Waals surface area contributed by atoms with Gasteiger partial charge in [-0.25, -0.2) is 4.79 Å². The number of carbonyl (C=O) groups is 5. The Hall–Kier alpha value is -2.73. The van der Waals surface area contributed by atoms with Crippen LogP contribution in [0.1, 0.15) is 66.2 Å². The molecule has 0 aromatic carbocycles. The fourth-order valence-corrected chi connectivity index (χ4v) is 3.19. The van der Waals surface area contributed by atoms with E-state index in [9.17, 15) is 29.1 Å². The van der Waals surface area contributed by atoms with Crippen molar-refractivity contribution in [3.63, 3.8) is 0 Å². The molecule has 5 unspecified atom stereocenters. The van der Waals surface area contributed by atoms with Crippen LogP contribution in [0.3, 0.4) is 0 Å². The summed E-state index contributed by atoms with van der Waals surface area (Å²) in [6, 6.07) is -4.45. The fourth-order valence-electron chi connectivity index (χ4n) is 3.19. The Morgan fingerprint density at radius 2 is 1.38 bits per heavy atom. The van der Waals surface area contributed by atoms with Gasteiger partial charge in [-0.05, 0) is 44.1 Å². The minimum absolute atomic E-state index is 0.0282. The summed E-state index contributed by atoms with van der Waals surface area (Å²) in [5.74, 6) is -4.30. The van der Waals surface area contributed by atoms with Crippen LogP contribution in [0.5, 0.6) is 0 Å². The molecule has 5 atom stereocenters. The predicted octanol–water partition coefficient (Wildman–Crippen LogP) is -1.05. The first-order valence-electron chi connectivity index (χ1n) is 11.7. The SMILES string of the molecule is CCC(C)C(N)C(=O)NC(CC(N)=O)C(=O)NC(CC(C)C)C(=O)NC(CCCCN)C(=O)O. The molecule has 10 N–H and O–H groups in total. The van der Waals surface area contributed by atoms with Gasteiger partial charge in [-0.15, -0.1) is 0 Å². The van der Waals surface area contributed by atoms with Gasteiger partial charge in [0.25, 0.3) is 0 Å². The molecule has 0 heterocycles. The van der Waals surface area contributed by atoms with Crippen LogP contribution in [0.25, 0.3) is 0 Å². The van der Waals surface area contributed by atoms with Crippen molar-refractivity contribution < 1.29 is 29.1 Å². The lowest BCUT2D eigenvalue weighted by atomic mass is 9.98. The van der Waals surface area contributed by atoms with E-state index < -0.39 is 60.2 Å². The summed E-state index contributed by atoms with van der Waals surface area (Å²) in [6.07, 6.45) is 1.66. The van der Waals surface area contributed by atoms with Gasteiger partial charge in [0.2, 0.25) is 23.6 Å². The predicted molar refractivity (Wildman–Crippen MR) is 127 cm³/mol. The Labute approximate surface area is 201 Å². The molecule has 196 valence electrons. The zero-order valence-corrected chi connectivity index (χ0v) is 20.6. The molecule has 0 aliphatic heterocycles. The van der Waals surface area contributed by atoms with Crippen LogP contribution in [-0.2, 0) is 24.0 Å². The number of carboxylic acid groups (broad SMARTS) is 1. The van der Waals surface area contributed by atoms with Crippen LogP contribution in [-0.4, -0.2) is 65.4 Å². The number of carbonyl (C=O) groups excluding carboxylic acids is 4. The average Bonchev–Trinajstić information content (AvgIpc) is 2.75. The maximum atomic E-state index is 12.9. The van der Waals surface area contributed by atoms with E-state index in [0.717, 1.165) is 0 Å². The van der Waals surface area contributed by atoms with Crippen molar-refractivity contribution in [1.82, 2.24) is 16.0 Å². The second-order valence-corrected chi connectivity index (χ2v) is 9.02. The van der Waals surface area contributed by atoms with Gasteiger partial charge in [-0.1, -0.05) is 34.1 Å². The van der Waals surface area contributed by atoms with E-state index in [2.05, 4.69) is 16.0 Å². The van der Waals surface area contributed by atoms with E-state index in [0.29, 0.717) is 25.8 Å². The molecule has 0 aromatic heterocycles. The van der Waals surface area contributed by atoms with Crippen LogP contribution in [0, 0.1) is 11.8 Å². The van der Waals surface area contributed by atoms with Crippen molar-refractivity contribution in [1.29, 1.82) is 0 Å². The highest BCUT2D eigenvalue weighted by Crippen LogP contribution is 2.09. The average molecular weight is 487 g/mol. The van der Waals surface area contributed by atoms with Crippen molar-refractivity contribution in [2.75, 3.05) is 6.54 Å². The summed E-state index contributed by atoms with van der Waals surface area (Å²) in [5.41, 5.74) is 16.6. The van der Waals surface area contributed by atoms with E-state index >= 15 is 0 Å². The molecule has 0 bridgehead atoms. The number of unbranched alkanes of at least 4 members (excludes halogenated alkanes) is 1. The molecule has 0 aliphatic rings. The minimum Gasteiger partial charge on any atom is -0.480 e. The highest BCUT2D eigenvalue weighted by Gasteiger charge is 2.32. The first kappa shape index (κ1) is 31.3. The van der Waals surface area contributed by atoms with Crippen LogP contribution in [0.2, 0.25) is 0 Å². The summed E-state index contributed by atoms with van der Waals surface area (Å²) in [5, 5.41) is 16.8. The topological polar surface area (TPSA) is 220 Å². The third kappa shape index (κ3) is 11.9. The largest absolute Gasteiger partial charge is 0.480 e. The van der Waals surface area contributed by atoms with Crippen molar-refractivity contribution >= 4 is 29.6 Å². The van der Waals surface area contributed by atoms with Gasteiger partial charge in [-0.2, -0.15) is 0 Å². The molecular weight excluding hydrogens is 444 g/mol. The van der Waals surface area contributed by atoms with E-state index in [1.165, 1.54) is 0 Å². The second-order valence-electron chi connectivity index (χ2n) is 9.02.